The fourth-order valence-corrected chi connectivity index (χ4v) is 2.97. The van der Waals surface area contributed by atoms with E-state index in [1.165, 1.54) is 0 Å². The van der Waals surface area contributed by atoms with Crippen molar-refractivity contribution in [1.82, 2.24) is 4.90 Å². The molecule has 0 radical (unpaired) electrons. The molecule has 2 unspecified atom stereocenters. The number of carbonyl (C=O) groups is 2. The van der Waals surface area contributed by atoms with Gasteiger partial charge in [-0.25, -0.2) is 9.59 Å². The van der Waals surface area contributed by atoms with E-state index in [0.717, 1.165) is 4.90 Å². The molecule has 130 valence electrons. The second-order valence-electron chi connectivity index (χ2n) is 6.70. The minimum Gasteiger partial charge on any atom is -0.461 e. The van der Waals surface area contributed by atoms with Crippen molar-refractivity contribution in [3.63, 3.8) is 0 Å². The van der Waals surface area contributed by atoms with Crippen LogP contribution < -0.4 is 4.74 Å². The lowest BCUT2D eigenvalue weighted by molar-refractivity contribution is -0.135. The van der Waals surface area contributed by atoms with Crippen LogP contribution in [-0.2, 0) is 19.7 Å². The molecule has 7 heteroatoms. The quantitative estimate of drug-likeness (QED) is 0.827. The Bertz CT molecular complexity index is 667. The lowest BCUT2D eigenvalue weighted by Crippen LogP contribution is -2.56. The summed E-state index contributed by atoms with van der Waals surface area (Å²) in [5.74, 6) is 0.558. The van der Waals surface area contributed by atoms with Crippen molar-refractivity contribution in [2.45, 2.75) is 45.1 Å². The smallest absolute Gasteiger partial charge is 0.420 e. The minimum absolute atomic E-state index is 0.0489. The van der Waals surface area contributed by atoms with Crippen LogP contribution in [-0.4, -0.2) is 42.2 Å². The monoisotopic (exact) mass is 335 g/mol. The third-order valence-electron chi connectivity index (χ3n) is 3.87. The fraction of sp³-hybridized carbons (Fsp3) is 0.529. The van der Waals surface area contributed by atoms with Gasteiger partial charge in [0.15, 0.2) is 5.54 Å². The molecule has 0 N–H and O–H groups in total. The van der Waals surface area contributed by atoms with Crippen molar-refractivity contribution >= 4 is 12.2 Å². The third kappa shape index (κ3) is 2.49. The van der Waals surface area contributed by atoms with Gasteiger partial charge in [-0.2, -0.15) is 4.90 Å². The zero-order valence-corrected chi connectivity index (χ0v) is 14.2. The summed E-state index contributed by atoms with van der Waals surface area (Å²) in [6.45, 7) is 7.33. The lowest BCUT2D eigenvalue weighted by Gasteiger charge is -2.34. The van der Waals surface area contributed by atoms with Crippen molar-refractivity contribution in [2.75, 3.05) is 13.2 Å². The molecule has 1 aromatic carbocycles. The Morgan fingerprint density at radius 2 is 2.08 bits per heavy atom. The second kappa shape index (κ2) is 5.66. The number of nitrogens with zero attached hydrogens (tertiary/aromatic N) is 1. The van der Waals surface area contributed by atoms with Gasteiger partial charge in [-0.15, -0.1) is 0 Å². The number of amides is 2. The Morgan fingerprint density at radius 3 is 2.75 bits per heavy atom. The van der Waals surface area contributed by atoms with Crippen molar-refractivity contribution in [3.8, 4) is 5.75 Å². The molecule has 3 rings (SSSR count). The van der Waals surface area contributed by atoms with Gasteiger partial charge in [-0.05, 0) is 33.8 Å². The molecule has 24 heavy (non-hydrogen) atoms. The molecule has 2 amide bonds. The number of cyclic esters (lactones) is 1. The summed E-state index contributed by atoms with van der Waals surface area (Å²) in [4.78, 5) is 26.0. The summed E-state index contributed by atoms with van der Waals surface area (Å²) < 4.78 is 22.1. The molecule has 2 atom stereocenters. The summed E-state index contributed by atoms with van der Waals surface area (Å²) >= 11 is 0. The minimum atomic E-state index is -1.19. The largest absolute Gasteiger partial charge is 0.461 e. The van der Waals surface area contributed by atoms with Crippen LogP contribution in [0.2, 0.25) is 0 Å². The van der Waals surface area contributed by atoms with Crippen LogP contribution >= 0.6 is 0 Å². The van der Waals surface area contributed by atoms with Gasteiger partial charge in [0.2, 0.25) is 6.29 Å². The predicted octanol–water partition coefficient (Wildman–Crippen LogP) is 3.02. The van der Waals surface area contributed by atoms with E-state index >= 15 is 0 Å². The Kier molecular flexibility index (Phi) is 3.91. The molecule has 0 bridgehead atoms. The number of ether oxygens (including phenoxy) is 4. The standard InChI is InChI=1S/C17H21NO6/c1-5-21-13-17(11-8-6-7-9-12(11)23-13)10-22-14(19)18(17)15(20)24-16(2,3)4/h6-9,13H,5,10H2,1-4H3. The molecule has 2 heterocycles. The highest BCUT2D eigenvalue weighted by Gasteiger charge is 2.64. The van der Waals surface area contributed by atoms with Crippen LogP contribution in [0.15, 0.2) is 24.3 Å². The third-order valence-corrected chi connectivity index (χ3v) is 3.87. The van der Waals surface area contributed by atoms with Crippen molar-refractivity contribution < 1.29 is 28.5 Å². The topological polar surface area (TPSA) is 74.3 Å². The Labute approximate surface area is 140 Å². The van der Waals surface area contributed by atoms with Gasteiger partial charge in [0.05, 0.1) is 0 Å². The van der Waals surface area contributed by atoms with Crippen LogP contribution in [0.4, 0.5) is 9.59 Å². The van der Waals surface area contributed by atoms with Gasteiger partial charge >= 0.3 is 12.2 Å². The van der Waals surface area contributed by atoms with Gasteiger partial charge in [0.1, 0.15) is 18.0 Å². The van der Waals surface area contributed by atoms with Gasteiger partial charge in [-0.1, -0.05) is 18.2 Å². The molecular weight excluding hydrogens is 314 g/mol. The molecule has 1 aromatic rings. The van der Waals surface area contributed by atoms with E-state index in [1.54, 1.807) is 32.9 Å². The summed E-state index contributed by atoms with van der Waals surface area (Å²) in [5.41, 5.74) is -1.27. The number of hydrogen-bond donors (Lipinski definition) is 0. The van der Waals surface area contributed by atoms with Gasteiger partial charge < -0.3 is 18.9 Å². The first-order chi connectivity index (χ1) is 11.3. The molecule has 1 saturated heterocycles. The Morgan fingerprint density at radius 1 is 1.38 bits per heavy atom. The van der Waals surface area contributed by atoms with E-state index < -0.39 is 29.6 Å². The normalized spacial score (nSPS) is 25.4. The molecule has 0 aliphatic carbocycles. The van der Waals surface area contributed by atoms with Crippen LogP contribution in [0.5, 0.6) is 5.75 Å². The molecule has 2 aliphatic rings. The number of imide groups is 1. The van der Waals surface area contributed by atoms with Gasteiger partial charge in [-0.3, -0.25) is 0 Å². The van der Waals surface area contributed by atoms with Crippen molar-refractivity contribution in [3.05, 3.63) is 29.8 Å². The van der Waals surface area contributed by atoms with E-state index in [2.05, 4.69) is 0 Å². The Hall–Kier alpha value is -2.28. The van der Waals surface area contributed by atoms with E-state index in [-0.39, 0.29) is 6.61 Å². The van der Waals surface area contributed by atoms with E-state index in [0.29, 0.717) is 17.9 Å². The summed E-state index contributed by atoms with van der Waals surface area (Å²) in [7, 11) is 0. The van der Waals surface area contributed by atoms with E-state index in [4.69, 9.17) is 18.9 Å². The maximum Gasteiger partial charge on any atom is 0.420 e. The fourth-order valence-electron chi connectivity index (χ4n) is 2.97. The van der Waals surface area contributed by atoms with Crippen LogP contribution in [0.1, 0.15) is 33.3 Å². The number of hydrogen-bond acceptors (Lipinski definition) is 6. The molecule has 2 aliphatic heterocycles. The average Bonchev–Trinajstić information content (AvgIpc) is 2.98. The number of rotatable bonds is 2. The first-order valence-corrected chi connectivity index (χ1v) is 7.87. The highest BCUT2D eigenvalue weighted by molar-refractivity contribution is 5.91. The van der Waals surface area contributed by atoms with Gasteiger partial charge in [0.25, 0.3) is 0 Å². The predicted molar refractivity (Wildman–Crippen MR) is 83.6 cm³/mol. The second-order valence-corrected chi connectivity index (χ2v) is 6.70. The molecule has 1 fully saturated rings. The summed E-state index contributed by atoms with van der Waals surface area (Å²) in [6, 6.07) is 7.20. The maximum atomic E-state index is 12.7. The van der Waals surface area contributed by atoms with Crippen molar-refractivity contribution in [1.29, 1.82) is 0 Å². The number of para-hydroxylation sites is 1. The van der Waals surface area contributed by atoms with Crippen LogP contribution in [0, 0.1) is 0 Å². The molecule has 0 aromatic heterocycles. The Balaban J connectivity index is 2.07. The maximum absolute atomic E-state index is 12.7. The number of carbonyl (C=O) groups excluding carboxylic acids is 2. The lowest BCUT2D eigenvalue weighted by atomic mass is 9.90. The zero-order chi connectivity index (χ0) is 17.5. The SMILES string of the molecule is CCOC1Oc2ccccc2C12COC(=O)N2C(=O)OC(C)(C)C. The van der Waals surface area contributed by atoms with Gasteiger partial charge in [0, 0.05) is 12.2 Å². The first-order valence-electron chi connectivity index (χ1n) is 7.87. The molecule has 1 spiro atoms. The first kappa shape index (κ1) is 16.6. The summed E-state index contributed by atoms with van der Waals surface area (Å²) in [6.07, 6.45) is -2.40. The molecular formula is C17H21NO6. The summed E-state index contributed by atoms with van der Waals surface area (Å²) in [5, 5.41) is 0. The highest BCUT2D eigenvalue weighted by atomic mass is 16.7. The van der Waals surface area contributed by atoms with E-state index in [9.17, 15) is 9.59 Å². The average molecular weight is 335 g/mol. The number of benzene rings is 1. The highest BCUT2D eigenvalue weighted by Crippen LogP contribution is 2.49. The molecule has 7 nitrogen and oxygen atoms in total. The van der Waals surface area contributed by atoms with Crippen LogP contribution in [0.3, 0.4) is 0 Å². The van der Waals surface area contributed by atoms with Crippen LogP contribution in [0.25, 0.3) is 0 Å². The molecule has 0 saturated carbocycles. The number of fused-ring (bicyclic) bond motifs is 2. The van der Waals surface area contributed by atoms with Crippen molar-refractivity contribution in [2.24, 2.45) is 0 Å². The van der Waals surface area contributed by atoms with E-state index in [1.807, 2.05) is 19.1 Å². The zero-order valence-electron chi connectivity index (χ0n) is 14.2.